The zero-order chi connectivity index (χ0) is 18.4. The second-order valence-corrected chi connectivity index (χ2v) is 6.91. The summed E-state index contributed by atoms with van der Waals surface area (Å²) in [5.74, 6) is 1.77. The van der Waals surface area contributed by atoms with Gasteiger partial charge in [0.15, 0.2) is 0 Å². The van der Waals surface area contributed by atoms with E-state index >= 15 is 0 Å². The number of hydrogen-bond donors (Lipinski definition) is 1. The first-order valence-electron chi connectivity index (χ1n) is 9.58. The first kappa shape index (κ1) is 18.3. The van der Waals surface area contributed by atoms with Crippen molar-refractivity contribution >= 4 is 0 Å². The fourth-order valence-corrected chi connectivity index (χ4v) is 3.73. The number of hydrogen-bond acceptors (Lipinski definition) is 2. The highest BCUT2D eigenvalue weighted by Crippen LogP contribution is 2.35. The number of ether oxygens (including phenoxy) is 1. The van der Waals surface area contributed by atoms with Crippen LogP contribution in [0.1, 0.15) is 43.7 Å². The lowest BCUT2D eigenvalue weighted by Gasteiger charge is -2.28. The first-order valence-corrected chi connectivity index (χ1v) is 9.58. The normalized spacial score (nSPS) is 16.6. The van der Waals surface area contributed by atoms with Crippen molar-refractivity contribution in [2.75, 3.05) is 6.61 Å². The zero-order valence-corrected chi connectivity index (χ0v) is 15.7. The Morgan fingerprint density at radius 2 is 1.58 bits per heavy atom. The summed E-state index contributed by atoms with van der Waals surface area (Å²) in [7, 11) is 0. The molecule has 2 heteroatoms. The third kappa shape index (κ3) is 4.19. The molecule has 0 aromatic heterocycles. The van der Waals surface area contributed by atoms with E-state index in [1.807, 2.05) is 30.3 Å². The molecule has 1 N–H and O–H groups in total. The molecule has 0 radical (unpaired) electrons. The second-order valence-electron chi connectivity index (χ2n) is 6.91. The fourth-order valence-electron chi connectivity index (χ4n) is 3.73. The van der Waals surface area contributed by atoms with E-state index in [0.29, 0.717) is 12.4 Å². The van der Waals surface area contributed by atoms with Gasteiger partial charge in [0.1, 0.15) is 18.1 Å². The zero-order valence-electron chi connectivity index (χ0n) is 15.7. The Morgan fingerprint density at radius 3 is 2.15 bits per heavy atom. The minimum Gasteiger partial charge on any atom is -0.508 e. The smallest absolute Gasteiger partial charge is 0.122 e. The SMILES string of the molecule is CCC(Cc1ccccc1)C1=CC(O)=C(C(CC)c2ccccc2)CO1. The lowest BCUT2D eigenvalue weighted by atomic mass is 9.86. The van der Waals surface area contributed by atoms with Crippen molar-refractivity contribution in [2.24, 2.45) is 5.92 Å². The maximum atomic E-state index is 10.7. The van der Waals surface area contributed by atoms with Gasteiger partial charge in [-0.25, -0.2) is 0 Å². The molecule has 2 aromatic carbocycles. The van der Waals surface area contributed by atoms with Crippen LogP contribution in [0.4, 0.5) is 0 Å². The molecule has 0 saturated heterocycles. The molecule has 2 aromatic rings. The van der Waals surface area contributed by atoms with E-state index in [1.54, 1.807) is 0 Å². The van der Waals surface area contributed by atoms with E-state index in [1.165, 1.54) is 11.1 Å². The van der Waals surface area contributed by atoms with Crippen molar-refractivity contribution in [3.05, 3.63) is 95.0 Å². The third-order valence-corrected chi connectivity index (χ3v) is 5.25. The van der Waals surface area contributed by atoms with Crippen LogP contribution in [-0.4, -0.2) is 11.7 Å². The van der Waals surface area contributed by atoms with E-state index < -0.39 is 0 Å². The Balaban J connectivity index is 1.82. The van der Waals surface area contributed by atoms with Crippen LogP contribution < -0.4 is 0 Å². The highest BCUT2D eigenvalue weighted by atomic mass is 16.5. The van der Waals surface area contributed by atoms with Gasteiger partial charge in [0, 0.05) is 23.5 Å². The molecule has 2 unspecified atom stereocenters. The van der Waals surface area contributed by atoms with E-state index in [0.717, 1.165) is 30.6 Å². The van der Waals surface area contributed by atoms with Crippen molar-refractivity contribution < 1.29 is 9.84 Å². The largest absolute Gasteiger partial charge is 0.508 e. The molecular formula is C24H28O2. The number of aliphatic hydroxyl groups is 1. The van der Waals surface area contributed by atoms with E-state index in [4.69, 9.17) is 4.74 Å². The predicted octanol–water partition coefficient (Wildman–Crippen LogP) is 6.18. The molecule has 1 aliphatic rings. The molecule has 2 nitrogen and oxygen atoms in total. The van der Waals surface area contributed by atoms with Crippen LogP contribution in [0.25, 0.3) is 0 Å². The molecule has 26 heavy (non-hydrogen) atoms. The van der Waals surface area contributed by atoms with Crippen molar-refractivity contribution in [2.45, 2.75) is 39.0 Å². The Kier molecular flexibility index (Phi) is 6.17. The molecule has 0 amide bonds. The Morgan fingerprint density at radius 1 is 0.923 bits per heavy atom. The second kappa shape index (κ2) is 8.75. The van der Waals surface area contributed by atoms with Gasteiger partial charge in [-0.3, -0.25) is 0 Å². The average Bonchev–Trinajstić information content (AvgIpc) is 2.69. The lowest BCUT2D eigenvalue weighted by molar-refractivity contribution is 0.176. The minimum absolute atomic E-state index is 0.197. The molecule has 1 heterocycles. The summed E-state index contributed by atoms with van der Waals surface area (Å²) in [6, 6.07) is 20.8. The van der Waals surface area contributed by atoms with Gasteiger partial charge in [-0.15, -0.1) is 0 Å². The van der Waals surface area contributed by atoms with Gasteiger partial charge < -0.3 is 9.84 Å². The quantitative estimate of drug-likeness (QED) is 0.648. The van der Waals surface area contributed by atoms with Gasteiger partial charge in [-0.2, -0.15) is 0 Å². The average molecular weight is 348 g/mol. The van der Waals surface area contributed by atoms with Crippen LogP contribution in [0, 0.1) is 5.92 Å². The van der Waals surface area contributed by atoms with E-state index in [9.17, 15) is 5.11 Å². The molecule has 0 fully saturated rings. The Hall–Kier alpha value is -2.48. The molecule has 0 bridgehead atoms. The topological polar surface area (TPSA) is 29.5 Å². The van der Waals surface area contributed by atoms with Crippen LogP contribution in [0.2, 0.25) is 0 Å². The third-order valence-electron chi connectivity index (χ3n) is 5.25. The summed E-state index contributed by atoms with van der Waals surface area (Å²) in [6.45, 7) is 4.80. The number of aliphatic hydroxyl groups excluding tert-OH is 1. The van der Waals surface area contributed by atoms with Crippen molar-refractivity contribution in [3.63, 3.8) is 0 Å². The molecule has 0 aliphatic carbocycles. The summed E-state index contributed by atoms with van der Waals surface area (Å²) in [5.41, 5.74) is 3.51. The van der Waals surface area contributed by atoms with Crippen molar-refractivity contribution in [1.29, 1.82) is 0 Å². The van der Waals surface area contributed by atoms with Gasteiger partial charge >= 0.3 is 0 Å². The van der Waals surface area contributed by atoms with Gasteiger partial charge in [0.25, 0.3) is 0 Å². The summed E-state index contributed by atoms with van der Waals surface area (Å²) < 4.78 is 6.13. The number of benzene rings is 2. The Labute approximate surface area is 156 Å². The summed E-state index contributed by atoms with van der Waals surface area (Å²) in [6.07, 6.45) is 4.71. The highest BCUT2D eigenvalue weighted by molar-refractivity contribution is 5.36. The van der Waals surface area contributed by atoms with Crippen LogP contribution in [0.3, 0.4) is 0 Å². The molecule has 3 rings (SSSR count). The maximum absolute atomic E-state index is 10.7. The monoisotopic (exact) mass is 348 g/mol. The summed E-state index contributed by atoms with van der Waals surface area (Å²) >= 11 is 0. The van der Waals surface area contributed by atoms with Crippen LogP contribution >= 0.6 is 0 Å². The molecule has 136 valence electrons. The molecular weight excluding hydrogens is 320 g/mol. The van der Waals surface area contributed by atoms with E-state index in [-0.39, 0.29) is 11.8 Å². The molecule has 0 saturated carbocycles. The highest BCUT2D eigenvalue weighted by Gasteiger charge is 2.25. The molecule has 1 aliphatic heterocycles. The fraction of sp³-hybridized carbons (Fsp3) is 0.333. The molecule has 2 atom stereocenters. The standard InChI is InChI=1S/C24H28O2/c1-3-19(15-18-11-7-5-8-12-18)24-16-23(25)22(17-26-24)21(4-2)20-13-9-6-10-14-20/h5-14,16,19,21,25H,3-4,15,17H2,1-2H3. The molecule has 0 spiro atoms. The van der Waals surface area contributed by atoms with Gasteiger partial charge in [0.2, 0.25) is 0 Å². The summed E-state index contributed by atoms with van der Waals surface area (Å²) in [4.78, 5) is 0. The van der Waals surface area contributed by atoms with Crippen molar-refractivity contribution in [3.8, 4) is 0 Å². The van der Waals surface area contributed by atoms with Gasteiger partial charge in [0.05, 0.1) is 0 Å². The Bertz CT molecular complexity index is 759. The number of allylic oxidation sites excluding steroid dienone is 2. The van der Waals surface area contributed by atoms with Crippen LogP contribution in [-0.2, 0) is 11.2 Å². The van der Waals surface area contributed by atoms with Crippen LogP contribution in [0.5, 0.6) is 0 Å². The predicted molar refractivity (Wildman–Crippen MR) is 107 cm³/mol. The first-order chi connectivity index (χ1) is 12.7. The van der Waals surface area contributed by atoms with Crippen LogP contribution in [0.15, 0.2) is 83.8 Å². The van der Waals surface area contributed by atoms with Gasteiger partial charge in [-0.1, -0.05) is 74.5 Å². The number of rotatable bonds is 7. The summed E-state index contributed by atoms with van der Waals surface area (Å²) in [5, 5.41) is 10.7. The lowest BCUT2D eigenvalue weighted by Crippen LogP contribution is -2.19. The van der Waals surface area contributed by atoms with E-state index in [2.05, 4.69) is 50.2 Å². The maximum Gasteiger partial charge on any atom is 0.122 e. The minimum atomic E-state index is 0.197. The van der Waals surface area contributed by atoms with Crippen molar-refractivity contribution in [1.82, 2.24) is 0 Å². The van der Waals surface area contributed by atoms with Gasteiger partial charge in [-0.05, 0) is 30.4 Å².